The molecule has 1 atom stereocenters. The highest BCUT2D eigenvalue weighted by molar-refractivity contribution is 5.27. The number of aryl methyl sites for hydroxylation is 1. The third kappa shape index (κ3) is 7.68. The molecule has 0 amide bonds. The van der Waals surface area contributed by atoms with E-state index in [-0.39, 0.29) is 6.10 Å². The van der Waals surface area contributed by atoms with E-state index in [0.717, 1.165) is 25.0 Å². The van der Waals surface area contributed by atoms with E-state index in [1.165, 1.54) is 18.4 Å². The van der Waals surface area contributed by atoms with E-state index in [4.69, 9.17) is 4.74 Å². The van der Waals surface area contributed by atoms with E-state index in [1.54, 1.807) is 0 Å². The molecule has 1 unspecified atom stereocenters. The van der Waals surface area contributed by atoms with Crippen LogP contribution >= 0.6 is 0 Å². The normalized spacial score (nSPS) is 12.1. The summed E-state index contributed by atoms with van der Waals surface area (Å²) in [4.78, 5) is 0. The van der Waals surface area contributed by atoms with Gasteiger partial charge in [0.2, 0.25) is 0 Å². The zero-order valence-electron chi connectivity index (χ0n) is 12.0. The van der Waals surface area contributed by atoms with Crippen molar-refractivity contribution in [2.75, 3.05) is 6.61 Å². The van der Waals surface area contributed by atoms with Crippen molar-refractivity contribution in [2.24, 2.45) is 0 Å². The second-order valence-corrected chi connectivity index (χ2v) is 5.03. The molecule has 0 saturated carbocycles. The fraction of sp³-hybridized carbons (Fsp3) is 0.529. The number of benzene rings is 1. The van der Waals surface area contributed by atoms with Gasteiger partial charge >= 0.3 is 0 Å². The number of unbranched alkanes of at least 4 members (excludes halogenated alkanes) is 3. The maximum Gasteiger partial charge on any atom is 0.119 e. The van der Waals surface area contributed by atoms with Gasteiger partial charge in [-0.15, -0.1) is 6.58 Å². The molecule has 0 heterocycles. The lowest BCUT2D eigenvalue weighted by atomic mass is 10.1. The summed E-state index contributed by atoms with van der Waals surface area (Å²) in [6.45, 7) is 6.33. The summed E-state index contributed by atoms with van der Waals surface area (Å²) in [6, 6.07) is 8.00. The topological polar surface area (TPSA) is 29.5 Å². The Morgan fingerprint density at radius 1 is 1.26 bits per heavy atom. The molecule has 0 saturated heterocycles. The van der Waals surface area contributed by atoms with Crippen LogP contribution in [-0.2, 0) is 0 Å². The van der Waals surface area contributed by atoms with Crippen LogP contribution in [0.25, 0.3) is 0 Å². The monoisotopic (exact) mass is 262 g/mol. The van der Waals surface area contributed by atoms with Gasteiger partial charge in [-0.2, -0.15) is 0 Å². The smallest absolute Gasteiger partial charge is 0.119 e. The van der Waals surface area contributed by atoms with Gasteiger partial charge < -0.3 is 9.84 Å². The van der Waals surface area contributed by atoms with Gasteiger partial charge in [0.15, 0.2) is 0 Å². The molecule has 0 aromatic heterocycles. The number of hydrogen-bond donors (Lipinski definition) is 1. The van der Waals surface area contributed by atoms with E-state index in [0.29, 0.717) is 13.0 Å². The number of hydrogen-bond acceptors (Lipinski definition) is 2. The molecule has 0 spiro atoms. The number of aliphatic hydroxyl groups excluding tert-OH is 1. The number of allylic oxidation sites excluding steroid dienone is 1. The first-order valence-electron chi connectivity index (χ1n) is 7.21. The fourth-order valence-electron chi connectivity index (χ4n) is 2.01. The van der Waals surface area contributed by atoms with Crippen LogP contribution in [0.2, 0.25) is 0 Å². The summed E-state index contributed by atoms with van der Waals surface area (Å²) in [7, 11) is 0. The molecule has 2 heteroatoms. The largest absolute Gasteiger partial charge is 0.493 e. The van der Waals surface area contributed by atoms with Crippen LogP contribution in [0.3, 0.4) is 0 Å². The average Bonchev–Trinajstić information content (AvgIpc) is 2.38. The molecule has 2 nitrogen and oxygen atoms in total. The van der Waals surface area contributed by atoms with E-state index < -0.39 is 0 Å². The second-order valence-electron chi connectivity index (χ2n) is 5.03. The summed E-state index contributed by atoms with van der Waals surface area (Å²) in [5.74, 6) is 0.887. The van der Waals surface area contributed by atoms with Crippen LogP contribution in [0.4, 0.5) is 0 Å². The molecule has 1 N–H and O–H groups in total. The highest BCUT2D eigenvalue weighted by Crippen LogP contribution is 2.14. The minimum Gasteiger partial charge on any atom is -0.493 e. The first kappa shape index (κ1) is 15.8. The van der Waals surface area contributed by atoms with Gasteiger partial charge in [0.25, 0.3) is 0 Å². The minimum absolute atomic E-state index is 0.242. The summed E-state index contributed by atoms with van der Waals surface area (Å²) in [5, 5.41) is 9.84. The van der Waals surface area contributed by atoms with E-state index in [1.807, 2.05) is 37.3 Å². The van der Waals surface area contributed by atoms with Gasteiger partial charge in [-0.05, 0) is 43.9 Å². The predicted molar refractivity (Wildman–Crippen MR) is 80.6 cm³/mol. The summed E-state index contributed by atoms with van der Waals surface area (Å²) in [6.07, 6.45) is 7.79. The van der Waals surface area contributed by atoms with Crippen LogP contribution < -0.4 is 4.74 Å². The van der Waals surface area contributed by atoms with Crippen molar-refractivity contribution in [1.82, 2.24) is 0 Å². The van der Waals surface area contributed by atoms with Crippen LogP contribution in [0.1, 0.15) is 44.1 Å². The standard InChI is InChI=1S/C17H26O2/c1-3-4-5-6-7-10-16(18)12-13-19-17-11-8-9-15(2)14-17/h3,8-9,11,14,16,18H,1,4-7,10,12-13H2,2H3. The molecule has 19 heavy (non-hydrogen) atoms. The molecule has 0 aliphatic heterocycles. The average molecular weight is 262 g/mol. The van der Waals surface area contributed by atoms with E-state index in [9.17, 15) is 5.11 Å². The van der Waals surface area contributed by atoms with Crippen LogP contribution in [0.15, 0.2) is 36.9 Å². The van der Waals surface area contributed by atoms with E-state index in [2.05, 4.69) is 6.58 Å². The molecule has 0 fully saturated rings. The SMILES string of the molecule is C=CCCCCCC(O)CCOc1cccc(C)c1. The molecule has 0 aliphatic rings. The summed E-state index contributed by atoms with van der Waals surface area (Å²) in [5.41, 5.74) is 1.19. The zero-order valence-corrected chi connectivity index (χ0v) is 12.0. The van der Waals surface area contributed by atoms with Crippen molar-refractivity contribution < 1.29 is 9.84 Å². The van der Waals surface area contributed by atoms with Gasteiger partial charge in [-0.3, -0.25) is 0 Å². The predicted octanol–water partition coefficient (Wildman–Crippen LogP) is 4.26. The molecule has 106 valence electrons. The van der Waals surface area contributed by atoms with Crippen LogP contribution in [0.5, 0.6) is 5.75 Å². The van der Waals surface area contributed by atoms with Gasteiger partial charge in [-0.25, -0.2) is 0 Å². The molecule has 1 rings (SSSR count). The second kappa shape index (κ2) is 9.62. The highest BCUT2D eigenvalue weighted by atomic mass is 16.5. The van der Waals surface area contributed by atoms with Crippen molar-refractivity contribution in [1.29, 1.82) is 0 Å². The van der Waals surface area contributed by atoms with Gasteiger partial charge in [-0.1, -0.05) is 31.1 Å². The lowest BCUT2D eigenvalue weighted by Crippen LogP contribution is -2.11. The third-order valence-corrected chi connectivity index (χ3v) is 3.15. The lowest BCUT2D eigenvalue weighted by Gasteiger charge is -2.11. The summed E-state index contributed by atoms with van der Waals surface area (Å²) >= 11 is 0. The Balaban J connectivity index is 2.06. The van der Waals surface area contributed by atoms with Crippen molar-refractivity contribution in [3.8, 4) is 5.75 Å². The Bertz CT molecular complexity index is 360. The molecule has 1 aromatic carbocycles. The third-order valence-electron chi connectivity index (χ3n) is 3.15. The lowest BCUT2D eigenvalue weighted by molar-refractivity contribution is 0.128. The fourth-order valence-corrected chi connectivity index (χ4v) is 2.01. The van der Waals surface area contributed by atoms with Gasteiger partial charge in [0.1, 0.15) is 5.75 Å². The Morgan fingerprint density at radius 3 is 2.84 bits per heavy atom. The first-order valence-corrected chi connectivity index (χ1v) is 7.21. The minimum atomic E-state index is -0.242. The Kier molecular flexibility index (Phi) is 7.99. The molecular formula is C17H26O2. The van der Waals surface area contributed by atoms with Crippen molar-refractivity contribution in [2.45, 2.75) is 51.6 Å². The number of ether oxygens (including phenoxy) is 1. The van der Waals surface area contributed by atoms with Crippen molar-refractivity contribution >= 4 is 0 Å². The van der Waals surface area contributed by atoms with Crippen LogP contribution in [-0.4, -0.2) is 17.8 Å². The maximum absolute atomic E-state index is 9.84. The van der Waals surface area contributed by atoms with E-state index >= 15 is 0 Å². The van der Waals surface area contributed by atoms with Crippen molar-refractivity contribution in [3.63, 3.8) is 0 Å². The molecule has 0 bridgehead atoms. The van der Waals surface area contributed by atoms with Gasteiger partial charge in [0, 0.05) is 6.42 Å². The summed E-state index contributed by atoms with van der Waals surface area (Å²) < 4.78 is 5.63. The van der Waals surface area contributed by atoms with Crippen molar-refractivity contribution in [3.05, 3.63) is 42.5 Å². The maximum atomic E-state index is 9.84. The molecule has 0 aliphatic carbocycles. The zero-order chi connectivity index (χ0) is 13.9. The molecule has 1 aromatic rings. The number of aliphatic hydroxyl groups is 1. The highest BCUT2D eigenvalue weighted by Gasteiger charge is 2.04. The Hall–Kier alpha value is -1.28. The first-order chi connectivity index (χ1) is 9.22. The Labute approximate surface area is 117 Å². The van der Waals surface area contributed by atoms with Gasteiger partial charge in [0.05, 0.1) is 12.7 Å². The molecule has 0 radical (unpaired) electrons. The quantitative estimate of drug-likeness (QED) is 0.504. The number of rotatable bonds is 10. The van der Waals surface area contributed by atoms with Crippen LogP contribution in [0, 0.1) is 6.92 Å². The Morgan fingerprint density at radius 2 is 2.11 bits per heavy atom. The molecular weight excluding hydrogens is 236 g/mol.